The average Bonchev–Trinajstić information content (AvgIpc) is 2.92. The van der Waals surface area contributed by atoms with E-state index in [-0.39, 0.29) is 55.8 Å². The molecule has 13 heteroatoms. The maximum atomic E-state index is 13.2. The molecule has 0 atom stereocenters. The molecule has 2 aromatic carbocycles. The Balaban J connectivity index is -0.000000166. The Kier molecular flexibility index (Phi) is 30.7. The maximum Gasteiger partial charge on any atom is 1.00 e. The van der Waals surface area contributed by atoms with Gasteiger partial charge in [0.05, 0.1) is 30.0 Å². The second-order valence-electron chi connectivity index (χ2n) is 9.19. The standard InChI is InChI=1S/C13H19ClFIOSi.C7H6FIO.C6H14Cl2Si.CH3F.CH4.Na.H/c1-4-18(5-2,8-14)9-17-13-10(3)6-11(15)7-12(13)16;1-4-2-5(8)3-6(9)7(4)10;1-3-9(4-2,5-7)6-8;1-2;;;/h6-7H,4-5,8-9H2,1-3H3;2-3,10H,1H3;3-6H2,1-2H3;1H3;1H4;;/q;;;;;+1;-1/i;;;1D;;;. The molecule has 0 saturated carbocycles. The first-order valence-corrected chi connectivity index (χ1v) is 21.9. The second kappa shape index (κ2) is 26.8. The third-order valence-electron chi connectivity index (χ3n) is 6.79. The summed E-state index contributed by atoms with van der Waals surface area (Å²) in [4.78, 5) is 0. The van der Waals surface area contributed by atoms with Crippen molar-refractivity contribution in [1.29, 1.82) is 0 Å². The van der Waals surface area contributed by atoms with Gasteiger partial charge in [0.15, 0.2) is 0 Å². The molecule has 0 heterocycles. The van der Waals surface area contributed by atoms with Crippen LogP contribution in [0.2, 0.25) is 24.2 Å². The average molecular weight is 913 g/mol. The fourth-order valence-corrected chi connectivity index (χ4v) is 12.4. The van der Waals surface area contributed by atoms with Gasteiger partial charge in [0.2, 0.25) is 0 Å². The summed E-state index contributed by atoms with van der Waals surface area (Å²) in [5, 5.41) is 9.16. The third kappa shape index (κ3) is 17.8. The zero-order chi connectivity index (χ0) is 31.5. The van der Waals surface area contributed by atoms with Gasteiger partial charge in [-0.05, 0) is 94.4 Å². The van der Waals surface area contributed by atoms with Gasteiger partial charge >= 0.3 is 29.6 Å². The van der Waals surface area contributed by atoms with E-state index in [9.17, 15) is 13.2 Å². The summed E-state index contributed by atoms with van der Waals surface area (Å²) in [6, 6.07) is 10.3. The monoisotopic (exact) mass is 911 g/mol. The molecule has 2 rings (SSSR count). The van der Waals surface area contributed by atoms with Crippen LogP contribution in [0.1, 0.15) is 49.0 Å². The first-order valence-electron chi connectivity index (χ1n) is 13.2. The molecule has 2 aromatic rings. The minimum atomic E-state index is -1.51. The van der Waals surface area contributed by atoms with Crippen LogP contribution in [0.15, 0.2) is 24.3 Å². The normalized spacial score (nSPS) is 10.6. The van der Waals surface area contributed by atoms with Crippen molar-refractivity contribution in [3.63, 3.8) is 0 Å². The van der Waals surface area contributed by atoms with Crippen molar-refractivity contribution in [3.8, 4) is 11.5 Å². The summed E-state index contributed by atoms with van der Waals surface area (Å²) < 4.78 is 48.5. The molecule has 0 aliphatic heterocycles. The molecule has 1 N–H and O–H groups in total. The number of hydrogen-bond donors (Lipinski definition) is 1. The van der Waals surface area contributed by atoms with Gasteiger partial charge in [0.25, 0.3) is 0 Å². The van der Waals surface area contributed by atoms with Crippen LogP contribution in [0.3, 0.4) is 0 Å². The van der Waals surface area contributed by atoms with E-state index in [0.717, 1.165) is 43.5 Å². The van der Waals surface area contributed by atoms with Crippen molar-refractivity contribution in [2.24, 2.45) is 0 Å². The van der Waals surface area contributed by atoms with Crippen LogP contribution in [-0.2, 0) is 0 Å². The van der Waals surface area contributed by atoms with Crippen LogP contribution in [0, 0.1) is 32.6 Å². The van der Waals surface area contributed by atoms with Crippen molar-refractivity contribution >= 4 is 96.1 Å². The molecule has 0 unspecified atom stereocenters. The molecule has 0 fully saturated rings. The predicted molar refractivity (Wildman–Crippen MR) is 195 cm³/mol. The molecule has 0 amide bonds. The number of aryl methyl sites for hydroxylation is 2. The van der Waals surface area contributed by atoms with Crippen LogP contribution < -0.4 is 34.3 Å². The largest absolute Gasteiger partial charge is 1.00 e. The van der Waals surface area contributed by atoms with Crippen molar-refractivity contribution in [3.05, 3.63) is 54.2 Å². The first-order chi connectivity index (χ1) is 18.7. The minimum Gasteiger partial charge on any atom is -1.00 e. The molecule has 0 aliphatic rings. The van der Waals surface area contributed by atoms with Crippen molar-refractivity contribution in [1.82, 2.24) is 0 Å². The molecular weight excluding hydrogens is 865 g/mol. The molecule has 0 aliphatic carbocycles. The van der Waals surface area contributed by atoms with Gasteiger partial charge in [-0.2, -0.15) is 0 Å². The molecule has 0 spiro atoms. The van der Waals surface area contributed by atoms with Gasteiger partial charge in [0, 0.05) is 16.5 Å². The van der Waals surface area contributed by atoms with E-state index in [1.54, 1.807) is 6.92 Å². The summed E-state index contributed by atoms with van der Waals surface area (Å²) in [5.74, 6) is 0.457. The zero-order valence-electron chi connectivity index (χ0n) is 26.6. The molecule has 0 bridgehead atoms. The van der Waals surface area contributed by atoms with Crippen LogP contribution in [-0.4, -0.2) is 51.1 Å². The topological polar surface area (TPSA) is 29.5 Å². The molecule has 236 valence electrons. The number of alkyl halides is 4. The Bertz CT molecular complexity index is 930. The summed E-state index contributed by atoms with van der Waals surface area (Å²) in [6.07, 6.45) is 0.714. The van der Waals surface area contributed by atoms with Crippen LogP contribution in [0.25, 0.3) is 0 Å². The number of halogens is 8. The fourth-order valence-electron chi connectivity index (χ4n) is 3.14. The number of benzene rings is 2. The van der Waals surface area contributed by atoms with Crippen LogP contribution in [0.5, 0.6) is 11.5 Å². The number of phenols is 1. The Morgan fingerprint density at radius 2 is 1.20 bits per heavy atom. The number of phenolic OH excluding ortho intramolecular Hbond substituents is 1. The van der Waals surface area contributed by atoms with Gasteiger partial charge in [-0.1, -0.05) is 59.3 Å². The van der Waals surface area contributed by atoms with Gasteiger partial charge < -0.3 is 11.3 Å². The van der Waals surface area contributed by atoms with E-state index in [1.165, 1.54) is 36.4 Å². The Labute approximate surface area is 316 Å². The Morgan fingerprint density at radius 1 is 0.829 bits per heavy atom. The van der Waals surface area contributed by atoms with Crippen molar-refractivity contribution in [2.45, 2.75) is 73.1 Å². The van der Waals surface area contributed by atoms with E-state index in [2.05, 4.69) is 50.3 Å². The second-order valence-corrected chi connectivity index (χ2v) is 23.8. The first kappa shape index (κ1) is 47.0. The van der Waals surface area contributed by atoms with Crippen molar-refractivity contribution in [2.75, 3.05) is 29.9 Å². The smallest absolute Gasteiger partial charge is 1.00 e. The van der Waals surface area contributed by atoms with E-state index in [1.807, 2.05) is 29.5 Å². The molecular formula is C28H47Cl3F3I2NaO2Si2. The number of hydrogen-bond acceptors (Lipinski definition) is 2. The Hall–Kier alpha value is 1.59. The summed E-state index contributed by atoms with van der Waals surface area (Å²) >= 11 is 21.7. The third-order valence-corrected chi connectivity index (χ3v) is 22.0. The molecule has 0 saturated heterocycles. The number of aromatic hydroxyl groups is 1. The minimum absolute atomic E-state index is 0. The van der Waals surface area contributed by atoms with E-state index in [4.69, 9.17) is 46.0 Å². The fraction of sp³-hybridized carbons (Fsp3) is 0.571. The van der Waals surface area contributed by atoms with Crippen LogP contribution in [0.4, 0.5) is 13.2 Å². The molecule has 2 nitrogen and oxygen atoms in total. The van der Waals surface area contributed by atoms with Gasteiger partial charge in [-0.25, -0.2) is 8.78 Å². The van der Waals surface area contributed by atoms with Crippen LogP contribution >= 0.6 is 80.0 Å². The number of ether oxygens (including phenoxy) is 1. The summed E-state index contributed by atoms with van der Waals surface area (Å²) in [5.41, 5.74) is 3.79. The van der Waals surface area contributed by atoms with E-state index < -0.39 is 23.3 Å². The molecule has 41 heavy (non-hydrogen) atoms. The molecule has 0 radical (unpaired) electrons. The van der Waals surface area contributed by atoms with Gasteiger partial charge in [-0.3, -0.25) is 4.39 Å². The van der Waals surface area contributed by atoms with Gasteiger partial charge in [0.1, 0.15) is 31.2 Å². The SMILES string of the molecule is C.CC[Si](CC)(CCl)CCl.CC[Si](CC)(CCl)COc1c(C)cc(F)cc1I.Cc1cc(F)cc(I)c1O.[2H]CF.[H-].[Na+]. The van der Waals surface area contributed by atoms with E-state index in [0.29, 0.717) is 15.4 Å². The summed E-state index contributed by atoms with van der Waals surface area (Å²) in [7, 11) is -3.67. The maximum absolute atomic E-state index is 13.2. The van der Waals surface area contributed by atoms with Gasteiger partial charge in [-0.15, -0.1) is 34.8 Å². The zero-order valence-corrected chi connectivity index (χ0v) is 35.1. The quantitative estimate of drug-likeness (QED) is 0.147. The summed E-state index contributed by atoms with van der Waals surface area (Å²) in [6.45, 7) is 12.3. The van der Waals surface area contributed by atoms with E-state index >= 15 is 0 Å². The van der Waals surface area contributed by atoms with Crippen molar-refractivity contribution < 1.29 is 55.4 Å². The number of rotatable bonds is 10. The Morgan fingerprint density at radius 3 is 1.49 bits per heavy atom. The molecule has 0 aromatic heterocycles. The predicted octanol–water partition coefficient (Wildman–Crippen LogP) is 8.74.